The number of non-ortho nitro benzene ring substituents is 1. The van der Waals surface area contributed by atoms with Crippen molar-refractivity contribution >= 4 is 51.5 Å². The van der Waals surface area contributed by atoms with Crippen LogP contribution in [0.4, 0.5) is 17.1 Å². The summed E-state index contributed by atoms with van der Waals surface area (Å²) in [5.41, 5.74) is 0.925. The number of esters is 1. The van der Waals surface area contributed by atoms with E-state index < -0.39 is 10.9 Å². The summed E-state index contributed by atoms with van der Waals surface area (Å²) >= 11 is 2.16. The molecule has 0 fully saturated rings. The molecule has 128 valence electrons. The second kappa shape index (κ2) is 7.05. The summed E-state index contributed by atoms with van der Waals surface area (Å²) in [6, 6.07) is 11.2. The van der Waals surface area contributed by atoms with Crippen molar-refractivity contribution < 1.29 is 19.2 Å². The van der Waals surface area contributed by atoms with E-state index in [9.17, 15) is 19.7 Å². The van der Waals surface area contributed by atoms with Crippen LogP contribution in [0.25, 0.3) is 0 Å². The maximum atomic E-state index is 12.2. The minimum atomic E-state index is -0.574. The van der Waals surface area contributed by atoms with E-state index in [1.807, 2.05) is 12.1 Å². The smallest absolute Gasteiger partial charge is 0.331 e. The van der Waals surface area contributed by atoms with E-state index in [0.717, 1.165) is 3.57 Å². The SMILES string of the molecule is O=C(CN1CC(=O)Oc2cc([N+](=O)[O-])ccc21)Nc1ccc(I)cc1. The van der Waals surface area contributed by atoms with Crippen molar-refractivity contribution in [1.82, 2.24) is 0 Å². The summed E-state index contributed by atoms with van der Waals surface area (Å²) in [6.07, 6.45) is 0. The van der Waals surface area contributed by atoms with Gasteiger partial charge in [-0.2, -0.15) is 0 Å². The summed E-state index contributed by atoms with van der Waals surface area (Å²) < 4.78 is 6.09. The van der Waals surface area contributed by atoms with Gasteiger partial charge in [0.2, 0.25) is 5.91 Å². The molecule has 0 aromatic heterocycles. The van der Waals surface area contributed by atoms with Crippen molar-refractivity contribution in [2.24, 2.45) is 0 Å². The van der Waals surface area contributed by atoms with Crippen molar-refractivity contribution in [3.05, 3.63) is 56.1 Å². The van der Waals surface area contributed by atoms with Crippen LogP contribution in [0, 0.1) is 13.7 Å². The maximum Gasteiger partial charge on any atom is 0.331 e. The Kier molecular flexibility index (Phi) is 4.83. The van der Waals surface area contributed by atoms with Gasteiger partial charge in [0.25, 0.3) is 5.69 Å². The number of anilines is 2. The largest absolute Gasteiger partial charge is 0.423 e. The Balaban J connectivity index is 1.76. The van der Waals surface area contributed by atoms with Crippen molar-refractivity contribution in [2.45, 2.75) is 0 Å². The van der Waals surface area contributed by atoms with Crippen LogP contribution in [0.15, 0.2) is 42.5 Å². The van der Waals surface area contributed by atoms with Gasteiger partial charge in [-0.15, -0.1) is 0 Å². The van der Waals surface area contributed by atoms with Crippen LogP contribution >= 0.6 is 22.6 Å². The third-order valence-electron chi connectivity index (χ3n) is 3.50. The number of nitro benzene ring substituents is 1. The number of nitrogens with zero attached hydrogens (tertiary/aromatic N) is 2. The highest BCUT2D eigenvalue weighted by Gasteiger charge is 2.27. The Hall–Kier alpha value is -2.69. The highest BCUT2D eigenvalue weighted by molar-refractivity contribution is 14.1. The molecule has 1 aliphatic rings. The molecule has 3 rings (SSSR count). The number of rotatable bonds is 4. The van der Waals surface area contributed by atoms with Crippen molar-refractivity contribution in [2.75, 3.05) is 23.3 Å². The lowest BCUT2D eigenvalue weighted by Crippen LogP contribution is -2.41. The highest BCUT2D eigenvalue weighted by atomic mass is 127. The Morgan fingerprint density at radius 3 is 2.68 bits per heavy atom. The zero-order valence-electron chi connectivity index (χ0n) is 12.8. The fourth-order valence-electron chi connectivity index (χ4n) is 2.40. The standard InChI is InChI=1S/C16H12IN3O5/c17-10-1-3-11(4-2-10)18-15(21)8-19-9-16(22)25-14-7-12(20(23)24)5-6-13(14)19/h1-7H,8-9H2,(H,18,21). The summed E-state index contributed by atoms with van der Waals surface area (Å²) in [7, 11) is 0. The molecule has 1 aliphatic heterocycles. The number of hydrogen-bond donors (Lipinski definition) is 1. The first kappa shape index (κ1) is 17.1. The average molecular weight is 453 g/mol. The number of halogens is 1. The molecule has 0 bridgehead atoms. The predicted octanol–water partition coefficient (Wildman–Crippen LogP) is 2.56. The molecule has 1 amide bonds. The molecule has 0 aliphatic carbocycles. The van der Waals surface area contributed by atoms with Gasteiger partial charge < -0.3 is 15.0 Å². The van der Waals surface area contributed by atoms with Crippen LogP contribution in [0.1, 0.15) is 0 Å². The summed E-state index contributed by atoms with van der Waals surface area (Å²) in [5, 5.41) is 13.6. The number of carbonyl (C=O) groups is 2. The normalized spacial score (nSPS) is 13.0. The number of fused-ring (bicyclic) bond motifs is 1. The Morgan fingerprint density at radius 1 is 1.28 bits per heavy atom. The van der Waals surface area contributed by atoms with Crippen molar-refractivity contribution in [1.29, 1.82) is 0 Å². The lowest BCUT2D eigenvalue weighted by atomic mass is 10.2. The van der Waals surface area contributed by atoms with Gasteiger partial charge in [0.05, 0.1) is 23.2 Å². The molecule has 0 spiro atoms. The Bertz CT molecular complexity index is 853. The number of hydrogen-bond acceptors (Lipinski definition) is 6. The molecule has 0 radical (unpaired) electrons. The summed E-state index contributed by atoms with van der Waals surface area (Å²) in [6.45, 7) is -0.184. The minimum absolute atomic E-state index is 0.0764. The monoisotopic (exact) mass is 453 g/mol. The quantitative estimate of drug-likeness (QED) is 0.251. The van der Waals surface area contributed by atoms with E-state index in [-0.39, 0.29) is 30.4 Å². The molecule has 2 aromatic carbocycles. The van der Waals surface area contributed by atoms with Crippen LogP contribution in [0.5, 0.6) is 5.75 Å². The van der Waals surface area contributed by atoms with E-state index in [4.69, 9.17) is 4.74 Å². The van der Waals surface area contributed by atoms with Gasteiger partial charge in [-0.05, 0) is 52.9 Å². The van der Waals surface area contributed by atoms with E-state index in [0.29, 0.717) is 11.4 Å². The van der Waals surface area contributed by atoms with Crippen LogP contribution < -0.4 is 15.0 Å². The molecule has 0 unspecified atom stereocenters. The van der Waals surface area contributed by atoms with Crippen LogP contribution in [-0.2, 0) is 9.59 Å². The van der Waals surface area contributed by atoms with E-state index in [1.165, 1.54) is 23.1 Å². The number of benzene rings is 2. The molecule has 1 N–H and O–H groups in total. The molecule has 8 nitrogen and oxygen atoms in total. The molecule has 25 heavy (non-hydrogen) atoms. The second-order valence-corrected chi connectivity index (χ2v) is 6.54. The number of ether oxygens (including phenoxy) is 1. The molecule has 9 heteroatoms. The summed E-state index contributed by atoms with van der Waals surface area (Å²) in [4.78, 5) is 35.8. The van der Waals surface area contributed by atoms with Crippen molar-refractivity contribution in [3.63, 3.8) is 0 Å². The van der Waals surface area contributed by atoms with Crippen LogP contribution in [0.3, 0.4) is 0 Å². The van der Waals surface area contributed by atoms with Crippen molar-refractivity contribution in [3.8, 4) is 5.75 Å². The first-order valence-electron chi connectivity index (χ1n) is 7.22. The fourth-order valence-corrected chi connectivity index (χ4v) is 2.76. The first-order chi connectivity index (χ1) is 11.9. The molecular formula is C16H12IN3O5. The van der Waals surface area contributed by atoms with Gasteiger partial charge in [0.15, 0.2) is 5.75 Å². The maximum absolute atomic E-state index is 12.2. The molecule has 1 heterocycles. The van der Waals surface area contributed by atoms with Crippen LogP contribution in [-0.4, -0.2) is 29.9 Å². The molecule has 0 atom stereocenters. The fraction of sp³-hybridized carbons (Fsp3) is 0.125. The highest BCUT2D eigenvalue weighted by Crippen LogP contribution is 2.35. The van der Waals surface area contributed by atoms with Gasteiger partial charge in [-0.25, -0.2) is 4.79 Å². The van der Waals surface area contributed by atoms with E-state index in [1.54, 1.807) is 12.1 Å². The van der Waals surface area contributed by atoms with Gasteiger partial charge in [0.1, 0.15) is 6.54 Å². The van der Waals surface area contributed by atoms with E-state index in [2.05, 4.69) is 27.9 Å². The van der Waals surface area contributed by atoms with E-state index >= 15 is 0 Å². The Morgan fingerprint density at radius 2 is 2.00 bits per heavy atom. The molecule has 0 saturated carbocycles. The third-order valence-corrected chi connectivity index (χ3v) is 4.22. The lowest BCUT2D eigenvalue weighted by Gasteiger charge is -2.28. The molecule has 2 aromatic rings. The zero-order chi connectivity index (χ0) is 18.0. The third kappa shape index (κ3) is 4.05. The first-order valence-corrected chi connectivity index (χ1v) is 8.30. The number of nitro groups is 1. The topological polar surface area (TPSA) is 102 Å². The second-order valence-electron chi connectivity index (χ2n) is 5.29. The van der Waals surface area contributed by atoms with Gasteiger partial charge in [0, 0.05) is 15.3 Å². The average Bonchev–Trinajstić information content (AvgIpc) is 2.56. The number of amides is 1. The van der Waals surface area contributed by atoms with Gasteiger partial charge >= 0.3 is 5.97 Å². The summed E-state index contributed by atoms with van der Waals surface area (Å²) in [5.74, 6) is -0.803. The van der Waals surface area contributed by atoms with Gasteiger partial charge in [-0.1, -0.05) is 0 Å². The zero-order valence-corrected chi connectivity index (χ0v) is 14.9. The molecular weight excluding hydrogens is 441 g/mol. The molecule has 0 saturated heterocycles. The number of carbonyl (C=O) groups excluding carboxylic acids is 2. The lowest BCUT2D eigenvalue weighted by molar-refractivity contribution is -0.384. The Labute approximate surface area is 156 Å². The minimum Gasteiger partial charge on any atom is -0.423 e. The number of nitrogens with one attached hydrogen (secondary N) is 1. The predicted molar refractivity (Wildman–Crippen MR) is 98.7 cm³/mol. The van der Waals surface area contributed by atoms with Crippen LogP contribution in [0.2, 0.25) is 0 Å². The van der Waals surface area contributed by atoms with Gasteiger partial charge in [-0.3, -0.25) is 14.9 Å².